The lowest BCUT2D eigenvalue weighted by Gasteiger charge is -2.03. The van der Waals surface area contributed by atoms with Crippen molar-refractivity contribution < 1.29 is 0 Å². The predicted molar refractivity (Wildman–Crippen MR) is 70.7 cm³/mol. The number of imidazole rings is 2. The van der Waals surface area contributed by atoms with E-state index in [1.165, 1.54) is 19.0 Å². The minimum Gasteiger partial charge on any atom is -0.382 e. The Labute approximate surface area is 110 Å². The second-order valence-corrected chi connectivity index (χ2v) is 4.06. The number of anilines is 2. The lowest BCUT2D eigenvalue weighted by Crippen LogP contribution is -2.05. The van der Waals surface area contributed by atoms with Crippen molar-refractivity contribution in [2.45, 2.75) is 0 Å². The van der Waals surface area contributed by atoms with Crippen LogP contribution in [0.5, 0.6) is 0 Å². The van der Waals surface area contributed by atoms with Gasteiger partial charge in [0, 0.05) is 0 Å². The lowest BCUT2D eigenvalue weighted by atomic mass is 10.5. The van der Waals surface area contributed by atoms with Crippen molar-refractivity contribution in [3.05, 3.63) is 19.0 Å². The number of nitrogen functional groups attached to an aromatic ring is 2. The van der Waals surface area contributed by atoms with E-state index in [0.29, 0.717) is 39.9 Å². The first-order valence-corrected chi connectivity index (χ1v) is 5.64. The third-order valence-electron chi connectivity index (χ3n) is 2.88. The molecule has 0 radical (unpaired) electrons. The number of aromatic amines is 1. The van der Waals surface area contributed by atoms with Crippen LogP contribution in [0, 0.1) is 0 Å². The van der Waals surface area contributed by atoms with Crippen LogP contribution in [0.1, 0.15) is 0 Å². The molecule has 0 unspecified atom stereocenters. The maximum atomic E-state index is 5.87. The fourth-order valence-electron chi connectivity index (χ4n) is 1.95. The largest absolute Gasteiger partial charge is 0.382 e. The molecule has 10 heteroatoms. The second-order valence-electron chi connectivity index (χ2n) is 4.06. The van der Waals surface area contributed by atoms with Gasteiger partial charge in [0.2, 0.25) is 5.95 Å². The molecule has 0 atom stereocenters. The molecule has 0 fully saturated rings. The molecule has 5 N–H and O–H groups in total. The molecule has 4 aromatic heterocycles. The molecule has 0 saturated heterocycles. The first-order chi connectivity index (χ1) is 9.74. The van der Waals surface area contributed by atoms with Gasteiger partial charge in [0.25, 0.3) is 0 Å². The Morgan fingerprint density at radius 3 is 2.80 bits per heavy atom. The van der Waals surface area contributed by atoms with Gasteiger partial charge < -0.3 is 16.5 Å². The maximum absolute atomic E-state index is 5.87. The van der Waals surface area contributed by atoms with Gasteiger partial charge in [0.15, 0.2) is 28.4 Å². The molecule has 0 aromatic carbocycles. The van der Waals surface area contributed by atoms with Gasteiger partial charge in [0.1, 0.15) is 18.2 Å². The van der Waals surface area contributed by atoms with Crippen LogP contribution in [0.4, 0.5) is 11.6 Å². The summed E-state index contributed by atoms with van der Waals surface area (Å²) in [6.07, 6.45) is 4.38. The molecule has 10 nitrogen and oxygen atoms in total. The first-order valence-electron chi connectivity index (χ1n) is 5.64. The zero-order valence-corrected chi connectivity index (χ0v) is 10.0. The van der Waals surface area contributed by atoms with E-state index in [2.05, 4.69) is 34.9 Å². The third-order valence-corrected chi connectivity index (χ3v) is 2.88. The molecule has 0 spiro atoms. The molecule has 0 bridgehead atoms. The quantitative estimate of drug-likeness (QED) is 0.423. The van der Waals surface area contributed by atoms with Gasteiger partial charge in [-0.25, -0.2) is 19.9 Å². The lowest BCUT2D eigenvalue weighted by molar-refractivity contribution is 0.950. The Hall–Kier alpha value is -3.30. The summed E-state index contributed by atoms with van der Waals surface area (Å²) in [4.78, 5) is 27.6. The highest BCUT2D eigenvalue weighted by Gasteiger charge is 2.14. The zero-order chi connectivity index (χ0) is 13.7. The molecular formula is C10H8N10. The number of nitrogens with zero attached hydrogens (tertiary/aromatic N) is 7. The van der Waals surface area contributed by atoms with Crippen molar-refractivity contribution in [3.8, 4) is 5.95 Å². The zero-order valence-electron chi connectivity index (χ0n) is 10.0. The molecule has 4 heterocycles. The highest BCUT2D eigenvalue weighted by Crippen LogP contribution is 2.19. The van der Waals surface area contributed by atoms with Gasteiger partial charge in [-0.3, -0.25) is 4.57 Å². The van der Waals surface area contributed by atoms with Gasteiger partial charge in [-0.2, -0.15) is 9.97 Å². The number of hydrogen-bond acceptors (Lipinski definition) is 8. The molecular weight excluding hydrogens is 260 g/mol. The smallest absolute Gasteiger partial charge is 0.240 e. The maximum Gasteiger partial charge on any atom is 0.240 e. The number of rotatable bonds is 1. The summed E-state index contributed by atoms with van der Waals surface area (Å²) in [5.41, 5.74) is 13.7. The van der Waals surface area contributed by atoms with Gasteiger partial charge >= 0.3 is 0 Å². The fourth-order valence-corrected chi connectivity index (χ4v) is 1.95. The van der Waals surface area contributed by atoms with Crippen molar-refractivity contribution in [3.63, 3.8) is 0 Å². The summed E-state index contributed by atoms with van der Waals surface area (Å²) in [7, 11) is 0. The Morgan fingerprint density at radius 1 is 1.00 bits per heavy atom. The third kappa shape index (κ3) is 1.32. The standard InChI is InChI=1S/C10H8N10/c11-6-5-9(16-2-14-6)20(3-17-5)10-18-7(12)4-8(19-10)15-1-13-4/h1-3H,(H2,11,14,16)(H3,12,13,15,18,19). The minimum absolute atomic E-state index is 0.294. The van der Waals surface area contributed by atoms with Crippen LogP contribution in [-0.4, -0.2) is 39.5 Å². The van der Waals surface area contributed by atoms with E-state index in [9.17, 15) is 0 Å². The Bertz CT molecular complexity index is 936. The molecule has 0 aliphatic heterocycles. The first kappa shape index (κ1) is 10.6. The summed E-state index contributed by atoms with van der Waals surface area (Å²) in [5, 5.41) is 0. The van der Waals surface area contributed by atoms with Crippen LogP contribution in [0.2, 0.25) is 0 Å². The molecule has 0 amide bonds. The SMILES string of the molecule is Nc1ncnc2c1ncn2-c1nc(N)c2[nH]cnc2n1. The highest BCUT2D eigenvalue weighted by atomic mass is 15.2. The van der Waals surface area contributed by atoms with Crippen molar-refractivity contribution in [2.24, 2.45) is 0 Å². The number of nitrogens with two attached hydrogens (primary N) is 2. The summed E-state index contributed by atoms with van der Waals surface area (Å²) in [6, 6.07) is 0. The van der Waals surface area contributed by atoms with E-state index in [1.807, 2.05) is 0 Å². The van der Waals surface area contributed by atoms with Crippen molar-refractivity contribution in [1.82, 2.24) is 39.5 Å². The number of H-pyrrole nitrogens is 1. The average Bonchev–Trinajstić information content (AvgIpc) is 3.05. The normalized spacial score (nSPS) is 11.4. The van der Waals surface area contributed by atoms with E-state index in [-0.39, 0.29) is 0 Å². The molecule has 0 aliphatic rings. The number of aromatic nitrogens is 8. The summed E-state index contributed by atoms with van der Waals surface area (Å²) in [6.45, 7) is 0. The van der Waals surface area contributed by atoms with E-state index in [4.69, 9.17) is 11.5 Å². The molecule has 4 aromatic rings. The van der Waals surface area contributed by atoms with E-state index in [0.717, 1.165) is 0 Å². The van der Waals surface area contributed by atoms with Crippen molar-refractivity contribution in [1.29, 1.82) is 0 Å². The van der Waals surface area contributed by atoms with Gasteiger partial charge in [0.05, 0.1) is 6.33 Å². The highest BCUT2D eigenvalue weighted by molar-refractivity contribution is 5.84. The van der Waals surface area contributed by atoms with E-state index >= 15 is 0 Å². The monoisotopic (exact) mass is 268 g/mol. The number of nitrogens with one attached hydrogen (secondary N) is 1. The summed E-state index contributed by atoms with van der Waals surface area (Å²) >= 11 is 0. The van der Waals surface area contributed by atoms with Crippen LogP contribution in [0.3, 0.4) is 0 Å². The van der Waals surface area contributed by atoms with Gasteiger partial charge in [-0.05, 0) is 0 Å². The summed E-state index contributed by atoms with van der Waals surface area (Å²) < 4.78 is 1.58. The molecule has 0 saturated carbocycles. The molecule has 0 aliphatic carbocycles. The second kappa shape index (κ2) is 3.60. The van der Waals surface area contributed by atoms with E-state index in [1.54, 1.807) is 4.57 Å². The number of hydrogen-bond donors (Lipinski definition) is 3. The van der Waals surface area contributed by atoms with Crippen LogP contribution < -0.4 is 11.5 Å². The van der Waals surface area contributed by atoms with Crippen molar-refractivity contribution >= 4 is 34.0 Å². The van der Waals surface area contributed by atoms with Crippen LogP contribution in [-0.2, 0) is 0 Å². The predicted octanol–water partition coefficient (Wildman–Crippen LogP) is -0.354. The van der Waals surface area contributed by atoms with Gasteiger partial charge in [-0.1, -0.05) is 0 Å². The van der Waals surface area contributed by atoms with Crippen LogP contribution in [0.25, 0.3) is 28.3 Å². The molecule has 98 valence electrons. The minimum atomic E-state index is 0.294. The van der Waals surface area contributed by atoms with Gasteiger partial charge in [-0.15, -0.1) is 0 Å². The molecule has 20 heavy (non-hydrogen) atoms. The van der Waals surface area contributed by atoms with Crippen LogP contribution in [0.15, 0.2) is 19.0 Å². The van der Waals surface area contributed by atoms with Crippen molar-refractivity contribution in [2.75, 3.05) is 11.5 Å². The number of fused-ring (bicyclic) bond motifs is 2. The fraction of sp³-hybridized carbons (Fsp3) is 0. The van der Waals surface area contributed by atoms with E-state index < -0.39 is 0 Å². The molecule has 4 rings (SSSR count). The Morgan fingerprint density at radius 2 is 1.90 bits per heavy atom. The van der Waals surface area contributed by atoms with Crippen LogP contribution >= 0.6 is 0 Å². The topological polar surface area (TPSA) is 150 Å². The Kier molecular flexibility index (Phi) is 1.91. The summed E-state index contributed by atoms with van der Waals surface area (Å²) in [5.74, 6) is 0.914. The Balaban J connectivity index is 2.03. The average molecular weight is 268 g/mol.